The van der Waals surface area contributed by atoms with Gasteiger partial charge in [-0.1, -0.05) is 19.3 Å². The molecule has 2 aromatic heterocycles. The van der Waals surface area contributed by atoms with Crippen molar-refractivity contribution in [2.75, 3.05) is 13.2 Å². The second kappa shape index (κ2) is 7.70. The van der Waals surface area contributed by atoms with Crippen LogP contribution in [-0.2, 0) is 4.74 Å². The third-order valence-electron chi connectivity index (χ3n) is 4.33. The number of hydrogen-bond acceptors (Lipinski definition) is 5. The molecule has 0 unspecified atom stereocenters. The van der Waals surface area contributed by atoms with Gasteiger partial charge in [0.1, 0.15) is 0 Å². The van der Waals surface area contributed by atoms with E-state index in [4.69, 9.17) is 4.74 Å². The van der Waals surface area contributed by atoms with Crippen molar-refractivity contribution in [3.05, 3.63) is 23.3 Å². The lowest BCUT2D eigenvalue weighted by Gasteiger charge is -2.21. The molecule has 7 heteroatoms. The SMILES string of the molecule is Cc1cc(C)n2nc(C(=O)NCCCOC3CCCCC3)nc2n1. The third-order valence-corrected chi connectivity index (χ3v) is 4.33. The van der Waals surface area contributed by atoms with Crippen LogP contribution in [0.4, 0.5) is 0 Å². The van der Waals surface area contributed by atoms with Gasteiger partial charge in [0.15, 0.2) is 0 Å². The van der Waals surface area contributed by atoms with E-state index >= 15 is 0 Å². The van der Waals surface area contributed by atoms with Crippen LogP contribution in [0.1, 0.15) is 60.5 Å². The van der Waals surface area contributed by atoms with E-state index in [1.54, 1.807) is 4.52 Å². The molecule has 130 valence electrons. The first kappa shape index (κ1) is 16.8. The Balaban J connectivity index is 1.46. The third kappa shape index (κ3) is 4.08. The molecule has 2 heterocycles. The van der Waals surface area contributed by atoms with Crippen molar-refractivity contribution in [3.63, 3.8) is 0 Å². The van der Waals surface area contributed by atoms with Gasteiger partial charge in [0.2, 0.25) is 5.82 Å². The molecule has 1 aliphatic carbocycles. The average molecular weight is 331 g/mol. The quantitative estimate of drug-likeness (QED) is 0.821. The zero-order valence-electron chi connectivity index (χ0n) is 14.4. The highest BCUT2D eigenvalue weighted by Crippen LogP contribution is 2.20. The lowest BCUT2D eigenvalue weighted by molar-refractivity contribution is 0.0273. The number of ether oxygens (including phenoxy) is 1. The van der Waals surface area contributed by atoms with Crippen molar-refractivity contribution in [2.24, 2.45) is 0 Å². The molecular weight excluding hydrogens is 306 g/mol. The average Bonchev–Trinajstić information content (AvgIpc) is 3.00. The Bertz CT molecular complexity index is 706. The number of carbonyl (C=O) groups excluding carboxylic acids is 1. The monoisotopic (exact) mass is 331 g/mol. The lowest BCUT2D eigenvalue weighted by atomic mass is 9.98. The van der Waals surface area contributed by atoms with Gasteiger partial charge in [-0.2, -0.15) is 4.98 Å². The van der Waals surface area contributed by atoms with Gasteiger partial charge in [-0.05, 0) is 39.2 Å². The molecule has 0 spiro atoms. The molecule has 2 aromatic rings. The molecule has 1 aliphatic rings. The second-order valence-corrected chi connectivity index (χ2v) is 6.43. The van der Waals surface area contributed by atoms with Crippen LogP contribution in [0, 0.1) is 13.8 Å². The number of fused-ring (bicyclic) bond motifs is 1. The molecular formula is C17H25N5O2. The molecule has 0 aliphatic heterocycles. The van der Waals surface area contributed by atoms with Gasteiger partial charge in [0.25, 0.3) is 11.7 Å². The molecule has 7 nitrogen and oxygen atoms in total. The Morgan fingerprint density at radius 3 is 2.88 bits per heavy atom. The molecule has 1 N–H and O–H groups in total. The maximum absolute atomic E-state index is 12.2. The van der Waals surface area contributed by atoms with E-state index in [9.17, 15) is 4.79 Å². The van der Waals surface area contributed by atoms with Gasteiger partial charge < -0.3 is 10.1 Å². The maximum Gasteiger partial charge on any atom is 0.291 e. The fraction of sp³-hybridized carbons (Fsp3) is 0.647. The van der Waals surface area contributed by atoms with Crippen LogP contribution in [0.2, 0.25) is 0 Å². The normalized spacial score (nSPS) is 15.8. The Morgan fingerprint density at radius 1 is 1.29 bits per heavy atom. The number of nitrogens with zero attached hydrogens (tertiary/aromatic N) is 4. The number of aryl methyl sites for hydroxylation is 2. The van der Waals surface area contributed by atoms with Gasteiger partial charge in [-0.25, -0.2) is 9.50 Å². The van der Waals surface area contributed by atoms with Crippen molar-refractivity contribution in [1.29, 1.82) is 0 Å². The Morgan fingerprint density at radius 2 is 2.08 bits per heavy atom. The van der Waals surface area contributed by atoms with Crippen molar-refractivity contribution < 1.29 is 9.53 Å². The lowest BCUT2D eigenvalue weighted by Crippen LogP contribution is -2.27. The molecule has 1 amide bonds. The maximum atomic E-state index is 12.2. The molecule has 3 rings (SSSR count). The van der Waals surface area contributed by atoms with E-state index < -0.39 is 0 Å². The molecule has 0 bridgehead atoms. The molecule has 24 heavy (non-hydrogen) atoms. The summed E-state index contributed by atoms with van der Waals surface area (Å²) in [4.78, 5) is 20.7. The minimum Gasteiger partial charge on any atom is -0.378 e. The highest BCUT2D eigenvalue weighted by atomic mass is 16.5. The predicted octanol–water partition coefficient (Wildman–Crippen LogP) is 2.21. The molecule has 0 saturated heterocycles. The highest BCUT2D eigenvalue weighted by Gasteiger charge is 2.15. The number of aromatic nitrogens is 4. The van der Waals surface area contributed by atoms with Crippen molar-refractivity contribution in [1.82, 2.24) is 24.9 Å². The van der Waals surface area contributed by atoms with Crippen molar-refractivity contribution in [2.45, 2.75) is 58.5 Å². The van der Waals surface area contributed by atoms with Crippen LogP contribution in [0.15, 0.2) is 6.07 Å². The summed E-state index contributed by atoms with van der Waals surface area (Å²) < 4.78 is 7.44. The van der Waals surface area contributed by atoms with Crippen molar-refractivity contribution >= 4 is 11.7 Å². The van der Waals surface area contributed by atoms with E-state index in [2.05, 4.69) is 20.4 Å². The fourth-order valence-corrected chi connectivity index (χ4v) is 3.10. The smallest absolute Gasteiger partial charge is 0.291 e. The Kier molecular flexibility index (Phi) is 5.40. The summed E-state index contributed by atoms with van der Waals surface area (Å²) in [6, 6.07) is 1.91. The van der Waals surface area contributed by atoms with Crippen LogP contribution in [0.5, 0.6) is 0 Å². The van der Waals surface area contributed by atoms with Crippen LogP contribution in [0.25, 0.3) is 5.78 Å². The Hall–Kier alpha value is -2.02. The van der Waals surface area contributed by atoms with Crippen LogP contribution >= 0.6 is 0 Å². The zero-order valence-corrected chi connectivity index (χ0v) is 14.4. The first-order valence-electron chi connectivity index (χ1n) is 8.74. The summed E-state index contributed by atoms with van der Waals surface area (Å²) in [7, 11) is 0. The number of hydrogen-bond donors (Lipinski definition) is 1. The van der Waals surface area contributed by atoms with Gasteiger partial charge >= 0.3 is 0 Å². The molecule has 0 radical (unpaired) electrons. The standard InChI is InChI=1S/C17H25N5O2/c1-12-11-13(2)22-17(19-12)20-15(21-22)16(23)18-9-6-10-24-14-7-4-3-5-8-14/h11,14H,3-10H2,1-2H3,(H,18,23). The zero-order chi connectivity index (χ0) is 16.9. The van der Waals surface area contributed by atoms with Crippen LogP contribution < -0.4 is 5.32 Å². The van der Waals surface area contributed by atoms with Gasteiger partial charge in [-0.3, -0.25) is 4.79 Å². The van der Waals surface area contributed by atoms with Crippen LogP contribution in [0.3, 0.4) is 0 Å². The predicted molar refractivity (Wildman–Crippen MR) is 90.0 cm³/mol. The highest BCUT2D eigenvalue weighted by molar-refractivity contribution is 5.90. The minimum atomic E-state index is -0.268. The van der Waals surface area contributed by atoms with Gasteiger partial charge in [0.05, 0.1) is 6.10 Å². The van der Waals surface area contributed by atoms with E-state index in [0.717, 1.165) is 17.8 Å². The second-order valence-electron chi connectivity index (χ2n) is 6.43. The minimum absolute atomic E-state index is 0.157. The molecule has 1 fully saturated rings. The summed E-state index contributed by atoms with van der Waals surface area (Å²) in [6.45, 7) is 5.06. The molecule has 0 atom stereocenters. The molecule has 0 aromatic carbocycles. The van der Waals surface area contributed by atoms with E-state index in [0.29, 0.717) is 25.0 Å². The summed E-state index contributed by atoms with van der Waals surface area (Å²) in [5, 5.41) is 7.07. The van der Waals surface area contributed by atoms with Crippen molar-refractivity contribution in [3.8, 4) is 0 Å². The first-order valence-corrected chi connectivity index (χ1v) is 8.74. The largest absolute Gasteiger partial charge is 0.378 e. The topological polar surface area (TPSA) is 81.4 Å². The number of rotatable bonds is 6. The van der Waals surface area contributed by atoms with Crippen LogP contribution in [-0.4, -0.2) is 44.7 Å². The van der Waals surface area contributed by atoms with Gasteiger partial charge in [-0.15, -0.1) is 5.10 Å². The number of amides is 1. The summed E-state index contributed by atoms with van der Waals surface area (Å²) in [5.74, 6) is 0.345. The Labute approximate surface area is 141 Å². The molecule has 1 saturated carbocycles. The summed E-state index contributed by atoms with van der Waals surface area (Å²) >= 11 is 0. The first-order chi connectivity index (χ1) is 11.6. The van der Waals surface area contributed by atoms with E-state index in [1.807, 2.05) is 19.9 Å². The van der Waals surface area contributed by atoms with E-state index in [1.165, 1.54) is 32.1 Å². The number of nitrogens with one attached hydrogen (secondary N) is 1. The van der Waals surface area contributed by atoms with E-state index in [-0.39, 0.29) is 11.7 Å². The summed E-state index contributed by atoms with van der Waals surface area (Å²) in [5.41, 5.74) is 1.77. The number of carbonyl (C=O) groups is 1. The van der Waals surface area contributed by atoms with Gasteiger partial charge in [0, 0.05) is 24.5 Å². The summed E-state index contributed by atoms with van der Waals surface area (Å²) in [6.07, 6.45) is 7.42. The fourth-order valence-electron chi connectivity index (χ4n) is 3.10.